The van der Waals surface area contributed by atoms with Crippen LogP contribution in [0.3, 0.4) is 0 Å². The number of hydrogen-bond acceptors (Lipinski definition) is 6. The van der Waals surface area contributed by atoms with Crippen LogP contribution in [0, 0.1) is 5.41 Å². The minimum absolute atomic E-state index is 0.171. The van der Waals surface area contributed by atoms with Gasteiger partial charge in [0.15, 0.2) is 5.17 Å². The van der Waals surface area contributed by atoms with Crippen molar-refractivity contribution in [3.63, 3.8) is 0 Å². The minimum atomic E-state index is -4.67. The Bertz CT molecular complexity index is 309. The molecule has 0 aromatic carbocycles. The molecular formula is C2H10N2O8S3. The molecule has 0 aliphatic carbocycles. The lowest BCUT2D eigenvalue weighted by molar-refractivity contribution is 0.378. The average molecular weight is 286 g/mol. The lowest BCUT2D eigenvalue weighted by Gasteiger charge is -1.78. The van der Waals surface area contributed by atoms with Gasteiger partial charge in [-0.3, -0.25) is 23.6 Å². The van der Waals surface area contributed by atoms with Gasteiger partial charge in [0.25, 0.3) is 0 Å². The number of nitrogens with two attached hydrogens (primary N) is 1. The van der Waals surface area contributed by atoms with Gasteiger partial charge in [0.05, 0.1) is 0 Å². The van der Waals surface area contributed by atoms with Crippen molar-refractivity contribution in [2.75, 3.05) is 6.26 Å². The van der Waals surface area contributed by atoms with E-state index in [1.807, 2.05) is 0 Å². The van der Waals surface area contributed by atoms with Crippen molar-refractivity contribution >= 4 is 37.7 Å². The van der Waals surface area contributed by atoms with Crippen LogP contribution in [0.1, 0.15) is 0 Å². The molecule has 0 aliphatic heterocycles. The van der Waals surface area contributed by atoms with E-state index in [0.717, 1.165) is 0 Å². The first-order chi connectivity index (χ1) is 6.27. The predicted octanol–water partition coefficient (Wildman–Crippen LogP) is -1.06. The van der Waals surface area contributed by atoms with Gasteiger partial charge in [-0.15, -0.1) is 0 Å². The van der Waals surface area contributed by atoms with Crippen LogP contribution in [-0.4, -0.2) is 46.5 Å². The van der Waals surface area contributed by atoms with Crippen molar-refractivity contribution < 1.29 is 35.0 Å². The van der Waals surface area contributed by atoms with Gasteiger partial charge in [0.1, 0.15) is 0 Å². The van der Waals surface area contributed by atoms with Crippen LogP contribution < -0.4 is 5.73 Å². The zero-order valence-electron chi connectivity index (χ0n) is 7.22. The second kappa shape index (κ2) is 8.84. The Morgan fingerprint density at radius 3 is 1.13 bits per heavy atom. The number of amidine groups is 1. The summed E-state index contributed by atoms with van der Waals surface area (Å²) in [6.07, 6.45) is 1.77. The number of nitrogens with one attached hydrogen (secondary N) is 1. The molecule has 0 unspecified atom stereocenters. The summed E-state index contributed by atoms with van der Waals surface area (Å²) in [5.74, 6) is 0. The van der Waals surface area contributed by atoms with E-state index in [9.17, 15) is 0 Å². The fourth-order valence-corrected chi connectivity index (χ4v) is 0. The number of thioether (sulfide) groups is 1. The standard InChI is InChI=1S/C2H6N2S.2H2O4S/c1-5-2(3)4;2*1-5(2,3)4/h1H3,(H3,3,4);2*(H2,1,2,3,4). The number of rotatable bonds is 0. The topological polar surface area (TPSA) is 199 Å². The molecule has 0 rings (SSSR count). The van der Waals surface area contributed by atoms with Crippen LogP contribution in [0.25, 0.3) is 0 Å². The third-order valence-corrected chi connectivity index (χ3v) is 0.660. The van der Waals surface area contributed by atoms with Crippen LogP contribution in [0.4, 0.5) is 0 Å². The molecule has 0 heterocycles. The van der Waals surface area contributed by atoms with E-state index in [1.54, 1.807) is 6.26 Å². The summed E-state index contributed by atoms with van der Waals surface area (Å²) >= 11 is 1.24. The molecule has 0 amide bonds. The highest BCUT2D eigenvalue weighted by atomic mass is 32.3. The van der Waals surface area contributed by atoms with E-state index < -0.39 is 20.8 Å². The molecule has 13 heteroatoms. The maximum Gasteiger partial charge on any atom is 0.394 e. The maximum atomic E-state index is 8.74. The van der Waals surface area contributed by atoms with Gasteiger partial charge >= 0.3 is 20.8 Å². The lowest BCUT2D eigenvalue weighted by atomic mass is 11.4. The fourth-order valence-electron chi connectivity index (χ4n) is 0. The molecule has 10 nitrogen and oxygen atoms in total. The van der Waals surface area contributed by atoms with Gasteiger partial charge in [0, 0.05) is 0 Å². The summed E-state index contributed by atoms with van der Waals surface area (Å²) in [7, 11) is -9.33. The molecule has 0 bridgehead atoms. The quantitative estimate of drug-likeness (QED) is 0.181. The van der Waals surface area contributed by atoms with Crippen molar-refractivity contribution in [3.8, 4) is 0 Å². The highest BCUT2D eigenvalue weighted by Gasteiger charge is 1.85. The van der Waals surface area contributed by atoms with E-state index in [1.165, 1.54) is 11.8 Å². The molecule has 0 radical (unpaired) electrons. The first kappa shape index (κ1) is 20.0. The highest BCUT2D eigenvalue weighted by Crippen LogP contribution is 1.83. The monoisotopic (exact) mass is 286 g/mol. The predicted molar refractivity (Wildman–Crippen MR) is 53.8 cm³/mol. The first-order valence-electron chi connectivity index (χ1n) is 2.55. The normalized spacial score (nSPS) is 10.2. The Morgan fingerprint density at radius 1 is 1.07 bits per heavy atom. The SMILES string of the molecule is CSC(=N)N.O=S(=O)(O)O.O=S(=O)(O)O. The molecule has 94 valence electrons. The Hall–Kier alpha value is -0.440. The number of hydrogen-bond donors (Lipinski definition) is 6. The highest BCUT2D eigenvalue weighted by molar-refractivity contribution is 8.13. The molecule has 0 aliphatic rings. The van der Waals surface area contributed by atoms with Crippen molar-refractivity contribution in [1.29, 1.82) is 5.41 Å². The van der Waals surface area contributed by atoms with Gasteiger partial charge in [-0.1, -0.05) is 11.8 Å². The van der Waals surface area contributed by atoms with Crippen LogP contribution in [0.5, 0.6) is 0 Å². The van der Waals surface area contributed by atoms with E-state index >= 15 is 0 Å². The Labute approximate surface area is 90.5 Å². The second-order valence-electron chi connectivity index (χ2n) is 1.46. The summed E-state index contributed by atoms with van der Waals surface area (Å²) in [4.78, 5) is 0. The van der Waals surface area contributed by atoms with Crippen LogP contribution in [-0.2, 0) is 20.8 Å². The van der Waals surface area contributed by atoms with Crippen molar-refractivity contribution in [2.24, 2.45) is 5.73 Å². The Morgan fingerprint density at radius 2 is 1.13 bits per heavy atom. The van der Waals surface area contributed by atoms with E-state index in [-0.39, 0.29) is 5.17 Å². The van der Waals surface area contributed by atoms with E-state index in [4.69, 9.17) is 46.2 Å². The molecule has 15 heavy (non-hydrogen) atoms. The fraction of sp³-hybridized carbons (Fsp3) is 0.500. The summed E-state index contributed by atoms with van der Waals surface area (Å²) in [5, 5.41) is 6.66. The van der Waals surface area contributed by atoms with Crippen molar-refractivity contribution in [2.45, 2.75) is 0 Å². The summed E-state index contributed by atoms with van der Waals surface area (Å²) < 4.78 is 63.2. The minimum Gasteiger partial charge on any atom is -0.379 e. The van der Waals surface area contributed by atoms with Crippen molar-refractivity contribution in [3.05, 3.63) is 0 Å². The van der Waals surface area contributed by atoms with E-state index in [2.05, 4.69) is 0 Å². The van der Waals surface area contributed by atoms with Crippen LogP contribution >= 0.6 is 11.8 Å². The molecule has 0 atom stereocenters. The largest absolute Gasteiger partial charge is 0.394 e. The molecule has 0 fully saturated rings. The van der Waals surface area contributed by atoms with Gasteiger partial charge in [0.2, 0.25) is 0 Å². The molecule has 7 N–H and O–H groups in total. The van der Waals surface area contributed by atoms with Crippen LogP contribution in [0.2, 0.25) is 0 Å². The van der Waals surface area contributed by atoms with E-state index in [0.29, 0.717) is 0 Å². The lowest BCUT2D eigenvalue weighted by Crippen LogP contribution is -2.01. The second-order valence-corrected chi connectivity index (χ2v) is 4.10. The van der Waals surface area contributed by atoms with Gasteiger partial charge < -0.3 is 5.73 Å². The molecule has 0 saturated carbocycles. The summed E-state index contributed by atoms with van der Waals surface area (Å²) in [6, 6.07) is 0. The third-order valence-electron chi connectivity index (χ3n) is 0.220. The van der Waals surface area contributed by atoms with Crippen molar-refractivity contribution in [1.82, 2.24) is 0 Å². The van der Waals surface area contributed by atoms with Gasteiger partial charge in [-0.05, 0) is 6.26 Å². The maximum absolute atomic E-state index is 8.74. The average Bonchev–Trinajstić information content (AvgIpc) is 1.79. The van der Waals surface area contributed by atoms with Crippen LogP contribution in [0.15, 0.2) is 0 Å². The van der Waals surface area contributed by atoms with Gasteiger partial charge in [-0.2, -0.15) is 16.8 Å². The smallest absolute Gasteiger partial charge is 0.379 e. The first-order valence-corrected chi connectivity index (χ1v) is 6.57. The summed E-state index contributed by atoms with van der Waals surface area (Å²) in [5.41, 5.74) is 4.84. The molecular weight excluding hydrogens is 276 g/mol. The zero-order valence-corrected chi connectivity index (χ0v) is 9.67. The molecule has 0 aromatic heterocycles. The third kappa shape index (κ3) is 745. The Balaban J connectivity index is -0.000000144. The molecule has 0 saturated heterocycles. The zero-order chi connectivity index (χ0) is 13.3. The van der Waals surface area contributed by atoms with Gasteiger partial charge in [-0.25, -0.2) is 0 Å². The Kier molecular flexibility index (Phi) is 11.8. The summed E-state index contributed by atoms with van der Waals surface area (Å²) in [6.45, 7) is 0. The molecule has 0 spiro atoms. The molecule has 0 aromatic rings.